The monoisotopic (exact) mass is 660 g/mol. The highest BCUT2D eigenvalue weighted by Crippen LogP contribution is 2.30. The summed E-state index contributed by atoms with van der Waals surface area (Å²) in [7, 11) is -4.32. The summed E-state index contributed by atoms with van der Waals surface area (Å²) in [5.41, 5.74) is 0.224. The number of hydrogen-bond acceptors (Lipinski definition) is 6. The lowest BCUT2D eigenvalue weighted by Crippen LogP contribution is -2.54. The topological polar surface area (TPSA) is 130 Å². The summed E-state index contributed by atoms with van der Waals surface area (Å²) in [6.45, 7) is 0.937. The van der Waals surface area contributed by atoms with Crippen molar-refractivity contribution in [2.75, 3.05) is 10.8 Å². The number of carbonyl (C=O) groups excluding carboxylic acids is 2. The van der Waals surface area contributed by atoms with Gasteiger partial charge < -0.3 is 10.2 Å². The lowest BCUT2D eigenvalue weighted by molar-refractivity contribution is -0.384. The van der Waals surface area contributed by atoms with E-state index in [1.165, 1.54) is 41.3 Å². The van der Waals surface area contributed by atoms with Crippen molar-refractivity contribution >= 4 is 56.4 Å². The molecule has 1 aliphatic rings. The largest absolute Gasteiger partial charge is 0.352 e. The Kier molecular flexibility index (Phi) is 11.2. The van der Waals surface area contributed by atoms with Crippen LogP contribution in [0, 0.1) is 10.1 Å². The lowest BCUT2D eigenvalue weighted by atomic mass is 9.95. The van der Waals surface area contributed by atoms with Crippen molar-refractivity contribution < 1.29 is 22.9 Å². The summed E-state index contributed by atoms with van der Waals surface area (Å²) in [5, 5.41) is 14.9. The van der Waals surface area contributed by atoms with Gasteiger partial charge in [0, 0.05) is 40.3 Å². The first kappa shape index (κ1) is 33.2. The first-order valence-corrected chi connectivity index (χ1v) is 16.6. The third-order valence-electron chi connectivity index (χ3n) is 7.69. The molecule has 1 aliphatic carbocycles. The fraction of sp³-hybridized carbons (Fsp3) is 0.355. The van der Waals surface area contributed by atoms with E-state index in [0.717, 1.165) is 36.4 Å². The molecule has 0 aliphatic heterocycles. The molecule has 0 aromatic heterocycles. The normalized spacial score (nSPS) is 14.4. The van der Waals surface area contributed by atoms with Gasteiger partial charge in [-0.15, -0.1) is 0 Å². The van der Waals surface area contributed by atoms with Gasteiger partial charge in [-0.2, -0.15) is 0 Å². The molecule has 0 spiro atoms. The molecular weight excluding hydrogens is 627 g/mol. The van der Waals surface area contributed by atoms with Gasteiger partial charge in [0.2, 0.25) is 11.8 Å². The number of anilines is 1. The Hall–Kier alpha value is -3.67. The fourth-order valence-electron chi connectivity index (χ4n) is 5.31. The number of benzene rings is 3. The van der Waals surface area contributed by atoms with E-state index in [1.807, 2.05) is 0 Å². The predicted octanol–water partition coefficient (Wildman–Crippen LogP) is 6.35. The van der Waals surface area contributed by atoms with Crippen LogP contribution in [0.15, 0.2) is 77.7 Å². The number of nitro groups is 1. The number of nitrogens with one attached hydrogen (secondary N) is 1. The van der Waals surface area contributed by atoms with E-state index in [-0.39, 0.29) is 41.2 Å². The molecule has 13 heteroatoms. The summed E-state index contributed by atoms with van der Waals surface area (Å²) in [4.78, 5) is 39.8. The Morgan fingerprint density at radius 1 is 0.955 bits per heavy atom. The molecule has 234 valence electrons. The Labute approximate surface area is 267 Å². The van der Waals surface area contributed by atoms with Crippen LogP contribution >= 0.6 is 23.2 Å². The van der Waals surface area contributed by atoms with Crippen LogP contribution in [0.1, 0.15) is 51.0 Å². The Bertz CT molecular complexity index is 1560. The summed E-state index contributed by atoms with van der Waals surface area (Å²) in [5.74, 6) is -1.02. The average Bonchev–Trinajstić information content (AvgIpc) is 3.02. The van der Waals surface area contributed by atoms with E-state index in [2.05, 4.69) is 5.32 Å². The van der Waals surface area contributed by atoms with E-state index in [9.17, 15) is 28.1 Å². The van der Waals surface area contributed by atoms with Crippen molar-refractivity contribution in [3.63, 3.8) is 0 Å². The number of hydrogen-bond donors (Lipinski definition) is 1. The first-order valence-electron chi connectivity index (χ1n) is 14.4. The van der Waals surface area contributed by atoms with Crippen molar-refractivity contribution in [3.8, 4) is 0 Å². The zero-order valence-corrected chi connectivity index (χ0v) is 26.5. The number of sulfonamides is 1. The van der Waals surface area contributed by atoms with Crippen molar-refractivity contribution in [1.29, 1.82) is 0 Å². The third-order valence-corrected chi connectivity index (χ3v) is 10.2. The van der Waals surface area contributed by atoms with Gasteiger partial charge in [0.25, 0.3) is 15.7 Å². The number of halogens is 2. The zero-order valence-electron chi connectivity index (χ0n) is 24.2. The highest BCUT2D eigenvalue weighted by molar-refractivity contribution is 7.92. The van der Waals surface area contributed by atoms with E-state index in [1.54, 1.807) is 43.3 Å². The minimum absolute atomic E-state index is 0.0128. The second-order valence-corrected chi connectivity index (χ2v) is 13.3. The zero-order chi connectivity index (χ0) is 31.9. The molecule has 0 bridgehead atoms. The number of non-ortho nitro benzene ring substituents is 1. The maximum absolute atomic E-state index is 14.2. The molecule has 2 amide bonds. The molecule has 3 aromatic rings. The smallest absolute Gasteiger partial charge is 0.269 e. The molecule has 3 aromatic carbocycles. The van der Waals surface area contributed by atoms with Gasteiger partial charge >= 0.3 is 0 Å². The maximum Gasteiger partial charge on any atom is 0.269 e. The van der Waals surface area contributed by atoms with E-state index >= 15 is 0 Å². The van der Waals surface area contributed by atoms with Gasteiger partial charge in [-0.1, -0.05) is 73.7 Å². The summed E-state index contributed by atoms with van der Waals surface area (Å²) in [6.07, 6.45) is 5.04. The molecule has 1 saturated carbocycles. The minimum atomic E-state index is -4.32. The molecule has 1 atom stereocenters. The van der Waals surface area contributed by atoms with Crippen molar-refractivity contribution in [3.05, 3.63) is 98.5 Å². The van der Waals surface area contributed by atoms with Crippen LogP contribution in [0.5, 0.6) is 0 Å². The van der Waals surface area contributed by atoms with Gasteiger partial charge in [-0.25, -0.2) is 8.42 Å². The Morgan fingerprint density at radius 3 is 2.14 bits per heavy atom. The van der Waals surface area contributed by atoms with E-state index in [0.29, 0.717) is 15.6 Å². The van der Waals surface area contributed by atoms with E-state index in [4.69, 9.17) is 23.2 Å². The van der Waals surface area contributed by atoms with Crippen LogP contribution in [0.4, 0.5) is 11.4 Å². The molecule has 0 saturated heterocycles. The molecular formula is C31H34Cl2N4O6S. The summed E-state index contributed by atoms with van der Waals surface area (Å²) < 4.78 is 28.7. The van der Waals surface area contributed by atoms with Gasteiger partial charge in [-0.05, 0) is 55.7 Å². The highest BCUT2D eigenvalue weighted by atomic mass is 35.5. The third kappa shape index (κ3) is 7.88. The van der Waals surface area contributed by atoms with Crippen LogP contribution in [0.2, 0.25) is 10.0 Å². The van der Waals surface area contributed by atoms with Crippen molar-refractivity contribution in [1.82, 2.24) is 10.2 Å². The van der Waals surface area contributed by atoms with Crippen LogP contribution < -0.4 is 9.62 Å². The molecule has 0 unspecified atom stereocenters. The van der Waals surface area contributed by atoms with Gasteiger partial charge in [0.1, 0.15) is 12.6 Å². The van der Waals surface area contributed by atoms with Gasteiger partial charge in [0.05, 0.1) is 15.5 Å². The SMILES string of the molecule is CC[C@H](C(=O)NC1CCCCC1)N(Cc1c(Cl)cccc1Cl)C(=O)CN(c1ccc([N+](=O)[O-])cc1)S(=O)(=O)c1ccccc1. The first-order chi connectivity index (χ1) is 21.0. The number of amides is 2. The molecule has 0 heterocycles. The Balaban J connectivity index is 1.74. The number of nitrogens with zero attached hydrogens (tertiary/aromatic N) is 3. The number of rotatable bonds is 12. The predicted molar refractivity (Wildman–Crippen MR) is 170 cm³/mol. The van der Waals surface area contributed by atoms with Crippen molar-refractivity contribution in [2.24, 2.45) is 0 Å². The van der Waals surface area contributed by atoms with Crippen LogP contribution in [0.25, 0.3) is 0 Å². The van der Waals surface area contributed by atoms with E-state index < -0.39 is 33.4 Å². The van der Waals surface area contributed by atoms with Crippen LogP contribution in [-0.4, -0.2) is 48.7 Å². The minimum Gasteiger partial charge on any atom is -0.352 e. The molecule has 1 fully saturated rings. The molecule has 44 heavy (non-hydrogen) atoms. The highest BCUT2D eigenvalue weighted by Gasteiger charge is 2.35. The maximum atomic E-state index is 14.2. The lowest BCUT2D eigenvalue weighted by Gasteiger charge is -2.34. The second kappa shape index (κ2) is 14.9. The molecule has 4 rings (SSSR count). The summed E-state index contributed by atoms with van der Waals surface area (Å²) in [6, 6.07) is 16.4. The molecule has 0 radical (unpaired) electrons. The van der Waals surface area contributed by atoms with Gasteiger partial charge in [-0.3, -0.25) is 24.0 Å². The summed E-state index contributed by atoms with van der Waals surface area (Å²) >= 11 is 12.9. The Morgan fingerprint density at radius 2 is 1.57 bits per heavy atom. The number of carbonyl (C=O) groups is 2. The quantitative estimate of drug-likeness (QED) is 0.178. The average molecular weight is 662 g/mol. The molecule has 10 nitrogen and oxygen atoms in total. The van der Waals surface area contributed by atoms with Crippen molar-refractivity contribution in [2.45, 2.75) is 69.0 Å². The number of nitro benzene ring substituents is 1. The second-order valence-electron chi connectivity index (χ2n) is 10.6. The fourth-order valence-corrected chi connectivity index (χ4v) is 7.26. The molecule has 1 N–H and O–H groups in total. The standard InChI is InChI=1S/C31H34Cl2N4O6S/c1-2-29(31(39)34-22-10-5-3-6-11-22)35(20-26-27(32)14-9-15-28(26)33)30(38)21-36(23-16-18-24(19-17-23)37(40)41)44(42,43)25-12-7-4-8-13-25/h4,7-9,12-19,22,29H,2-3,5-6,10-11,20-21H2,1H3,(H,34,39)/t29-/m1/s1. The van der Waals surface area contributed by atoms with Gasteiger partial charge in [0.15, 0.2) is 0 Å². The van der Waals surface area contributed by atoms with Crippen LogP contribution in [0.3, 0.4) is 0 Å². The van der Waals surface area contributed by atoms with Crippen LogP contribution in [-0.2, 0) is 26.2 Å².